The fraction of sp³-hybridized carbons (Fsp3) is 0.182. The van der Waals surface area contributed by atoms with Crippen molar-refractivity contribution in [3.63, 3.8) is 0 Å². The number of aryl methyl sites for hydroxylation is 2. The summed E-state index contributed by atoms with van der Waals surface area (Å²) in [4.78, 5) is 16.8. The fourth-order valence-corrected chi connectivity index (χ4v) is 4.41. The molecular formula is C22H21N5OS2. The van der Waals surface area contributed by atoms with Gasteiger partial charge in [-0.1, -0.05) is 72.4 Å². The van der Waals surface area contributed by atoms with Gasteiger partial charge in [0.05, 0.1) is 11.4 Å². The molecule has 30 heavy (non-hydrogen) atoms. The Morgan fingerprint density at radius 3 is 2.53 bits per heavy atom. The standard InChI is InChI=1S/C22H21N5OS2/c1-27-19(13-12-16-8-4-2-5-9-16)25-26-22(27)30-15-20(28)24-21-23-18(14-29-21)17-10-6-3-7-11-17/h2-11,14H,12-13,15H2,1H3,(H,23,24,28). The summed E-state index contributed by atoms with van der Waals surface area (Å²) < 4.78 is 1.96. The third kappa shape index (κ3) is 5.14. The van der Waals surface area contributed by atoms with Gasteiger partial charge in [-0.2, -0.15) is 0 Å². The Labute approximate surface area is 183 Å². The van der Waals surface area contributed by atoms with E-state index in [0.29, 0.717) is 5.13 Å². The van der Waals surface area contributed by atoms with Crippen molar-refractivity contribution in [3.8, 4) is 11.3 Å². The Bertz CT molecular complexity index is 1110. The molecule has 0 aliphatic heterocycles. The number of hydrogen-bond donors (Lipinski definition) is 1. The van der Waals surface area contributed by atoms with Crippen LogP contribution < -0.4 is 5.32 Å². The molecule has 1 N–H and O–H groups in total. The first kappa shape index (κ1) is 20.3. The number of thioether (sulfide) groups is 1. The van der Waals surface area contributed by atoms with E-state index < -0.39 is 0 Å². The van der Waals surface area contributed by atoms with Crippen LogP contribution >= 0.6 is 23.1 Å². The molecule has 2 heterocycles. The van der Waals surface area contributed by atoms with E-state index in [1.807, 2.05) is 65.5 Å². The number of anilines is 1. The van der Waals surface area contributed by atoms with Gasteiger partial charge in [-0.25, -0.2) is 4.98 Å². The summed E-state index contributed by atoms with van der Waals surface area (Å²) in [5.41, 5.74) is 3.16. The lowest BCUT2D eigenvalue weighted by atomic mass is 10.1. The van der Waals surface area contributed by atoms with Crippen molar-refractivity contribution in [2.45, 2.75) is 18.0 Å². The molecule has 152 valence electrons. The number of benzene rings is 2. The second kappa shape index (κ2) is 9.69. The number of aromatic nitrogens is 4. The number of rotatable bonds is 8. The van der Waals surface area contributed by atoms with Gasteiger partial charge in [-0.05, 0) is 12.0 Å². The summed E-state index contributed by atoms with van der Waals surface area (Å²) >= 11 is 2.79. The molecule has 0 fully saturated rings. The van der Waals surface area contributed by atoms with Gasteiger partial charge in [0.25, 0.3) is 0 Å². The van der Waals surface area contributed by atoms with Crippen molar-refractivity contribution in [2.75, 3.05) is 11.1 Å². The summed E-state index contributed by atoms with van der Waals surface area (Å²) in [5.74, 6) is 1.06. The van der Waals surface area contributed by atoms with E-state index in [0.717, 1.165) is 35.1 Å². The van der Waals surface area contributed by atoms with Gasteiger partial charge in [0.2, 0.25) is 5.91 Å². The second-order valence-corrected chi connectivity index (χ2v) is 8.48. The maximum atomic E-state index is 12.3. The minimum absolute atomic E-state index is 0.109. The molecule has 1 amide bonds. The zero-order valence-corrected chi connectivity index (χ0v) is 18.1. The molecule has 0 atom stereocenters. The van der Waals surface area contributed by atoms with E-state index in [4.69, 9.17) is 0 Å². The number of carbonyl (C=O) groups excluding carboxylic acids is 1. The summed E-state index contributed by atoms with van der Waals surface area (Å²) in [5, 5.41) is 14.7. The number of amides is 1. The van der Waals surface area contributed by atoms with Gasteiger partial charge < -0.3 is 9.88 Å². The van der Waals surface area contributed by atoms with Gasteiger partial charge in [0, 0.05) is 24.4 Å². The van der Waals surface area contributed by atoms with Crippen LogP contribution in [0.15, 0.2) is 71.2 Å². The summed E-state index contributed by atoms with van der Waals surface area (Å²) in [6.45, 7) is 0. The Hall–Kier alpha value is -2.97. The maximum absolute atomic E-state index is 12.3. The lowest BCUT2D eigenvalue weighted by Gasteiger charge is -2.04. The zero-order chi connectivity index (χ0) is 20.8. The first-order valence-electron chi connectivity index (χ1n) is 9.55. The Kier molecular flexibility index (Phi) is 6.56. The zero-order valence-electron chi connectivity index (χ0n) is 16.5. The molecule has 8 heteroatoms. The number of hydrogen-bond acceptors (Lipinski definition) is 6. The van der Waals surface area contributed by atoms with Crippen LogP contribution in [-0.2, 0) is 24.7 Å². The molecule has 0 aliphatic carbocycles. The van der Waals surface area contributed by atoms with E-state index in [1.54, 1.807) is 0 Å². The average Bonchev–Trinajstić information content (AvgIpc) is 3.39. The quantitative estimate of drug-likeness (QED) is 0.414. The lowest BCUT2D eigenvalue weighted by Crippen LogP contribution is -2.14. The lowest BCUT2D eigenvalue weighted by molar-refractivity contribution is -0.113. The number of nitrogens with zero attached hydrogens (tertiary/aromatic N) is 4. The highest BCUT2D eigenvalue weighted by atomic mass is 32.2. The predicted octanol–water partition coefficient (Wildman–Crippen LogP) is 4.45. The van der Waals surface area contributed by atoms with Gasteiger partial charge in [0.1, 0.15) is 5.82 Å². The van der Waals surface area contributed by atoms with Gasteiger partial charge >= 0.3 is 0 Å². The minimum Gasteiger partial charge on any atom is -0.309 e. The molecule has 4 aromatic rings. The van der Waals surface area contributed by atoms with Crippen LogP contribution in [0.3, 0.4) is 0 Å². The van der Waals surface area contributed by atoms with E-state index in [-0.39, 0.29) is 11.7 Å². The van der Waals surface area contributed by atoms with Crippen molar-refractivity contribution >= 4 is 34.1 Å². The molecule has 0 saturated carbocycles. The van der Waals surface area contributed by atoms with Crippen LogP contribution in [0.4, 0.5) is 5.13 Å². The molecule has 4 rings (SSSR count). The SMILES string of the molecule is Cn1c(CCc2ccccc2)nnc1SCC(=O)Nc1nc(-c2ccccc2)cs1. The van der Waals surface area contributed by atoms with Gasteiger partial charge in [-0.15, -0.1) is 21.5 Å². The normalized spacial score (nSPS) is 10.8. The van der Waals surface area contributed by atoms with E-state index in [9.17, 15) is 4.79 Å². The molecule has 0 bridgehead atoms. The number of carbonyl (C=O) groups is 1. The van der Waals surface area contributed by atoms with Gasteiger partial charge in [0.15, 0.2) is 10.3 Å². The van der Waals surface area contributed by atoms with Crippen LogP contribution in [0.25, 0.3) is 11.3 Å². The second-order valence-electron chi connectivity index (χ2n) is 6.68. The maximum Gasteiger partial charge on any atom is 0.236 e. The van der Waals surface area contributed by atoms with E-state index >= 15 is 0 Å². The van der Waals surface area contributed by atoms with Crippen molar-refractivity contribution in [1.82, 2.24) is 19.7 Å². The molecular weight excluding hydrogens is 414 g/mol. The molecule has 0 radical (unpaired) electrons. The number of thiazole rings is 1. The molecule has 0 aliphatic rings. The smallest absolute Gasteiger partial charge is 0.236 e. The van der Waals surface area contributed by atoms with Crippen molar-refractivity contribution in [2.24, 2.45) is 7.05 Å². The molecule has 0 saturated heterocycles. The fourth-order valence-electron chi connectivity index (χ4n) is 2.95. The Morgan fingerprint density at radius 1 is 1.03 bits per heavy atom. The highest BCUT2D eigenvalue weighted by Gasteiger charge is 2.13. The van der Waals surface area contributed by atoms with Crippen molar-refractivity contribution < 1.29 is 4.79 Å². The summed E-state index contributed by atoms with van der Waals surface area (Å²) in [6.07, 6.45) is 1.72. The van der Waals surface area contributed by atoms with Crippen LogP contribution in [0.5, 0.6) is 0 Å². The van der Waals surface area contributed by atoms with Gasteiger partial charge in [-0.3, -0.25) is 4.79 Å². The Balaban J connectivity index is 1.29. The molecule has 2 aromatic carbocycles. The van der Waals surface area contributed by atoms with Crippen molar-refractivity contribution in [1.29, 1.82) is 0 Å². The predicted molar refractivity (Wildman–Crippen MR) is 122 cm³/mol. The van der Waals surface area contributed by atoms with Crippen LogP contribution in [0.1, 0.15) is 11.4 Å². The monoisotopic (exact) mass is 435 g/mol. The van der Waals surface area contributed by atoms with Crippen LogP contribution in [0.2, 0.25) is 0 Å². The highest BCUT2D eigenvalue weighted by Crippen LogP contribution is 2.25. The third-order valence-electron chi connectivity index (χ3n) is 4.56. The Morgan fingerprint density at radius 2 is 1.77 bits per heavy atom. The highest BCUT2D eigenvalue weighted by molar-refractivity contribution is 7.99. The van der Waals surface area contributed by atoms with Crippen molar-refractivity contribution in [3.05, 3.63) is 77.4 Å². The van der Waals surface area contributed by atoms with E-state index in [1.165, 1.54) is 28.7 Å². The summed E-state index contributed by atoms with van der Waals surface area (Å²) in [6, 6.07) is 20.2. The molecule has 0 spiro atoms. The largest absolute Gasteiger partial charge is 0.309 e. The first-order valence-corrected chi connectivity index (χ1v) is 11.4. The molecule has 6 nitrogen and oxygen atoms in total. The molecule has 2 aromatic heterocycles. The average molecular weight is 436 g/mol. The first-order chi connectivity index (χ1) is 14.7. The third-order valence-corrected chi connectivity index (χ3v) is 6.34. The minimum atomic E-state index is -0.109. The van der Waals surface area contributed by atoms with Crippen LogP contribution in [0, 0.1) is 0 Å². The summed E-state index contributed by atoms with van der Waals surface area (Å²) in [7, 11) is 1.94. The topological polar surface area (TPSA) is 72.7 Å². The molecule has 0 unspecified atom stereocenters. The van der Waals surface area contributed by atoms with E-state index in [2.05, 4.69) is 32.6 Å². The number of nitrogens with one attached hydrogen (secondary N) is 1. The van der Waals surface area contributed by atoms with Crippen LogP contribution in [-0.4, -0.2) is 31.4 Å².